The molecule has 0 aliphatic heterocycles. The minimum absolute atomic E-state index is 0.120. The van der Waals surface area contributed by atoms with Gasteiger partial charge in [0.05, 0.1) is 10.6 Å². The fraction of sp³-hybridized carbons (Fsp3) is 0. The summed E-state index contributed by atoms with van der Waals surface area (Å²) in [4.78, 5) is -0.483. The van der Waals surface area contributed by atoms with E-state index in [0.717, 1.165) is 12.1 Å². The van der Waals surface area contributed by atoms with Gasteiger partial charge in [0.25, 0.3) is 10.1 Å². The van der Waals surface area contributed by atoms with Crippen LogP contribution < -0.4 is 11.2 Å². The van der Waals surface area contributed by atoms with Crippen LogP contribution in [0.5, 0.6) is 5.75 Å². The first kappa shape index (κ1) is 17.9. The summed E-state index contributed by atoms with van der Waals surface area (Å²) in [6.07, 6.45) is 0. The molecule has 9 nitrogen and oxygen atoms in total. The Labute approximate surface area is 143 Å². The maximum atomic E-state index is 11.5. The standard InChI is InChI=1S/C15H13N5O4S/c16-8-13(15(17)18)20-19-12-7-10(25(22,23)24)6-11(14(12)21)9-4-2-1-3-5-9/h1-7,19,21H,(H3,17,18)(H,22,23,24)/b20-13+. The predicted molar refractivity (Wildman–Crippen MR) is 91.9 cm³/mol. The van der Waals surface area contributed by atoms with E-state index < -0.39 is 26.6 Å². The van der Waals surface area contributed by atoms with Gasteiger partial charge in [0, 0.05) is 5.56 Å². The van der Waals surface area contributed by atoms with Crippen LogP contribution in [0.2, 0.25) is 0 Å². The van der Waals surface area contributed by atoms with Crippen LogP contribution in [-0.2, 0) is 10.1 Å². The summed E-state index contributed by atoms with van der Waals surface area (Å²) in [7, 11) is -4.56. The Bertz CT molecular complexity index is 995. The molecule has 0 aliphatic rings. The van der Waals surface area contributed by atoms with E-state index in [1.807, 2.05) is 0 Å². The molecule has 0 fully saturated rings. The zero-order valence-corrected chi connectivity index (χ0v) is 13.4. The second-order valence-electron chi connectivity index (χ2n) is 4.81. The number of hydrogen-bond acceptors (Lipinski definition) is 7. The highest BCUT2D eigenvalue weighted by Crippen LogP contribution is 2.38. The van der Waals surface area contributed by atoms with Gasteiger partial charge in [-0.3, -0.25) is 15.4 Å². The van der Waals surface area contributed by atoms with Gasteiger partial charge in [-0.25, -0.2) is 0 Å². The van der Waals surface area contributed by atoms with Gasteiger partial charge < -0.3 is 10.8 Å². The van der Waals surface area contributed by atoms with Gasteiger partial charge in [-0.1, -0.05) is 30.3 Å². The lowest BCUT2D eigenvalue weighted by Gasteiger charge is -2.12. The third-order valence-corrected chi connectivity index (χ3v) is 3.95. The summed E-state index contributed by atoms with van der Waals surface area (Å²) >= 11 is 0. The molecule has 25 heavy (non-hydrogen) atoms. The van der Waals surface area contributed by atoms with E-state index in [2.05, 4.69) is 10.5 Å². The number of rotatable bonds is 5. The molecule has 0 heterocycles. The lowest BCUT2D eigenvalue weighted by molar-refractivity contribution is 0.476. The lowest BCUT2D eigenvalue weighted by Crippen LogP contribution is -2.21. The molecule has 2 aromatic rings. The van der Waals surface area contributed by atoms with E-state index in [-0.39, 0.29) is 17.0 Å². The highest BCUT2D eigenvalue weighted by Gasteiger charge is 2.18. The number of nitrogens with two attached hydrogens (primary N) is 1. The Hall–Kier alpha value is -3.42. The number of amidine groups is 1. The van der Waals surface area contributed by atoms with Crippen LogP contribution in [0.1, 0.15) is 0 Å². The molecule has 10 heteroatoms. The van der Waals surface area contributed by atoms with E-state index in [0.29, 0.717) is 5.56 Å². The van der Waals surface area contributed by atoms with Gasteiger partial charge in [0.15, 0.2) is 5.84 Å². The Morgan fingerprint density at radius 3 is 2.44 bits per heavy atom. The van der Waals surface area contributed by atoms with Crippen molar-refractivity contribution >= 4 is 27.4 Å². The van der Waals surface area contributed by atoms with Gasteiger partial charge in [-0.15, -0.1) is 0 Å². The normalized spacial score (nSPS) is 11.6. The van der Waals surface area contributed by atoms with E-state index in [1.54, 1.807) is 36.4 Å². The average Bonchev–Trinajstić information content (AvgIpc) is 2.56. The second kappa shape index (κ2) is 7.00. The van der Waals surface area contributed by atoms with Crippen molar-refractivity contribution in [2.75, 3.05) is 5.43 Å². The summed E-state index contributed by atoms with van der Waals surface area (Å²) < 4.78 is 32.3. The average molecular weight is 359 g/mol. The molecule has 0 saturated carbocycles. The summed E-state index contributed by atoms with van der Waals surface area (Å²) in [5.74, 6) is -0.966. The third-order valence-electron chi connectivity index (χ3n) is 3.12. The van der Waals surface area contributed by atoms with Crippen molar-refractivity contribution in [3.05, 3.63) is 42.5 Å². The van der Waals surface area contributed by atoms with Crippen molar-refractivity contribution < 1.29 is 18.1 Å². The Morgan fingerprint density at radius 1 is 1.28 bits per heavy atom. The quantitative estimate of drug-likeness (QED) is 0.177. The third kappa shape index (κ3) is 4.11. The molecular formula is C15H13N5O4S. The van der Waals surface area contributed by atoms with Crippen molar-refractivity contribution in [3.8, 4) is 22.9 Å². The number of nitrogens with zero attached hydrogens (tertiary/aromatic N) is 2. The van der Waals surface area contributed by atoms with Crippen molar-refractivity contribution in [2.24, 2.45) is 10.8 Å². The van der Waals surface area contributed by atoms with Crippen LogP contribution in [0.4, 0.5) is 5.69 Å². The number of nitrogens with one attached hydrogen (secondary N) is 2. The lowest BCUT2D eigenvalue weighted by atomic mass is 10.0. The molecule has 128 valence electrons. The Balaban J connectivity index is 2.64. The number of hydrazone groups is 1. The molecule has 0 atom stereocenters. The molecule has 0 aromatic heterocycles. The first-order chi connectivity index (χ1) is 11.7. The van der Waals surface area contributed by atoms with Crippen LogP contribution in [-0.4, -0.2) is 29.6 Å². The molecule has 2 aromatic carbocycles. The number of benzene rings is 2. The first-order valence-corrected chi connectivity index (χ1v) is 8.16. The molecule has 6 N–H and O–H groups in total. The number of anilines is 1. The molecular weight excluding hydrogens is 346 g/mol. The molecule has 0 aliphatic carbocycles. The maximum Gasteiger partial charge on any atom is 0.294 e. The Kier molecular flexibility index (Phi) is 5.02. The zero-order valence-electron chi connectivity index (χ0n) is 12.6. The SMILES string of the molecule is N#C/C(=N\Nc1cc(S(=O)(=O)O)cc(-c2ccccc2)c1O)C(=N)N. The van der Waals surface area contributed by atoms with Gasteiger partial charge in [0.1, 0.15) is 11.8 Å². The summed E-state index contributed by atoms with van der Waals surface area (Å²) in [5, 5.41) is 29.9. The molecule has 2 rings (SSSR count). The molecule has 0 radical (unpaired) electrons. The van der Waals surface area contributed by atoms with E-state index >= 15 is 0 Å². The fourth-order valence-corrected chi connectivity index (χ4v) is 2.48. The Morgan fingerprint density at radius 2 is 1.92 bits per heavy atom. The summed E-state index contributed by atoms with van der Waals surface area (Å²) in [6, 6.07) is 12.0. The van der Waals surface area contributed by atoms with Gasteiger partial charge >= 0.3 is 0 Å². The van der Waals surface area contributed by atoms with Gasteiger partial charge in [0.2, 0.25) is 5.71 Å². The number of hydrogen-bond donors (Lipinski definition) is 5. The summed E-state index contributed by atoms with van der Waals surface area (Å²) in [5.41, 5.74) is 7.41. The highest BCUT2D eigenvalue weighted by molar-refractivity contribution is 7.85. The van der Waals surface area contributed by atoms with Crippen molar-refractivity contribution in [3.63, 3.8) is 0 Å². The minimum atomic E-state index is -4.56. The molecule has 0 bridgehead atoms. The van der Waals surface area contributed by atoms with Gasteiger partial charge in [-0.2, -0.15) is 18.8 Å². The minimum Gasteiger partial charge on any atom is -0.505 e. The largest absolute Gasteiger partial charge is 0.505 e. The van der Waals surface area contributed by atoms with Crippen LogP contribution in [0.3, 0.4) is 0 Å². The predicted octanol–water partition coefficient (Wildman–Crippen LogP) is 1.53. The number of nitriles is 1. The smallest absolute Gasteiger partial charge is 0.294 e. The molecule has 0 saturated heterocycles. The van der Waals surface area contributed by atoms with E-state index in [1.165, 1.54) is 0 Å². The van der Waals surface area contributed by atoms with Crippen molar-refractivity contribution in [1.29, 1.82) is 10.7 Å². The van der Waals surface area contributed by atoms with Gasteiger partial charge in [-0.05, 0) is 17.7 Å². The topological polar surface area (TPSA) is 173 Å². The van der Waals surface area contributed by atoms with Crippen LogP contribution >= 0.6 is 0 Å². The molecule has 0 amide bonds. The zero-order chi connectivity index (χ0) is 18.6. The highest BCUT2D eigenvalue weighted by atomic mass is 32.2. The van der Waals surface area contributed by atoms with E-state index in [9.17, 15) is 18.1 Å². The fourth-order valence-electron chi connectivity index (χ4n) is 1.94. The molecule has 0 unspecified atom stereocenters. The maximum absolute atomic E-state index is 11.5. The van der Waals surface area contributed by atoms with Crippen LogP contribution in [0, 0.1) is 16.7 Å². The summed E-state index contributed by atoms with van der Waals surface area (Å²) in [6.45, 7) is 0. The first-order valence-electron chi connectivity index (χ1n) is 6.72. The van der Waals surface area contributed by atoms with Crippen LogP contribution in [0.15, 0.2) is 52.5 Å². The molecule has 0 spiro atoms. The van der Waals surface area contributed by atoms with Crippen molar-refractivity contribution in [1.82, 2.24) is 0 Å². The number of phenolic OH excluding ortho intramolecular Hbond substituents is 1. The number of phenols is 1. The second-order valence-corrected chi connectivity index (χ2v) is 6.23. The number of aromatic hydroxyl groups is 1. The van der Waals surface area contributed by atoms with E-state index in [4.69, 9.17) is 16.4 Å². The van der Waals surface area contributed by atoms with Crippen LogP contribution in [0.25, 0.3) is 11.1 Å². The van der Waals surface area contributed by atoms with Crippen molar-refractivity contribution in [2.45, 2.75) is 4.90 Å². The monoisotopic (exact) mass is 359 g/mol.